The maximum Gasteiger partial charge on any atom is 0.332 e. The molecular formula is C9H9Cl2N3O2. The Morgan fingerprint density at radius 1 is 1.56 bits per heavy atom. The second-order valence-corrected chi connectivity index (χ2v) is 3.58. The van der Waals surface area contributed by atoms with E-state index in [1.165, 1.54) is 19.4 Å². The topological polar surface area (TPSA) is 76.7 Å². The van der Waals surface area contributed by atoms with Crippen LogP contribution in [0.5, 0.6) is 5.75 Å². The maximum absolute atomic E-state index is 10.4. The molecule has 0 bridgehead atoms. The number of benzene rings is 1. The molecule has 0 saturated heterocycles. The number of hydrogen-bond acceptors (Lipinski definition) is 3. The highest BCUT2D eigenvalue weighted by molar-refractivity contribution is 6.36. The van der Waals surface area contributed by atoms with E-state index in [4.69, 9.17) is 33.7 Å². The Morgan fingerprint density at radius 3 is 2.81 bits per heavy atom. The normalized spacial score (nSPS) is 10.4. The summed E-state index contributed by atoms with van der Waals surface area (Å²) in [7, 11) is 1.47. The molecule has 5 nitrogen and oxygen atoms in total. The van der Waals surface area contributed by atoms with Crippen molar-refractivity contribution in [2.24, 2.45) is 10.8 Å². The Balaban J connectivity index is 3.02. The highest BCUT2D eigenvalue weighted by Crippen LogP contribution is 2.29. The van der Waals surface area contributed by atoms with E-state index in [1.807, 2.05) is 5.43 Å². The van der Waals surface area contributed by atoms with Gasteiger partial charge in [-0.15, -0.1) is 0 Å². The SMILES string of the molecule is COc1cc(Cl)cc(Cl)c1C=NNC(N)=O. The molecule has 0 aliphatic heterocycles. The summed E-state index contributed by atoms with van der Waals surface area (Å²) in [5, 5.41) is 4.39. The molecule has 0 saturated carbocycles. The van der Waals surface area contributed by atoms with Crippen LogP contribution in [0.3, 0.4) is 0 Å². The largest absolute Gasteiger partial charge is 0.496 e. The summed E-state index contributed by atoms with van der Waals surface area (Å²) in [4.78, 5) is 10.4. The van der Waals surface area contributed by atoms with Crippen molar-refractivity contribution >= 4 is 35.4 Å². The average Bonchev–Trinajstić information content (AvgIpc) is 2.20. The predicted molar refractivity (Wildman–Crippen MR) is 63.3 cm³/mol. The van der Waals surface area contributed by atoms with E-state index in [1.54, 1.807) is 6.07 Å². The van der Waals surface area contributed by atoms with Gasteiger partial charge in [0, 0.05) is 5.02 Å². The molecule has 16 heavy (non-hydrogen) atoms. The van der Waals surface area contributed by atoms with E-state index in [2.05, 4.69) is 5.10 Å². The van der Waals surface area contributed by atoms with Crippen molar-refractivity contribution in [1.82, 2.24) is 5.43 Å². The van der Waals surface area contributed by atoms with Gasteiger partial charge in [0.2, 0.25) is 0 Å². The summed E-state index contributed by atoms with van der Waals surface area (Å²) in [5.41, 5.74) is 7.39. The summed E-state index contributed by atoms with van der Waals surface area (Å²) in [6.07, 6.45) is 1.32. The lowest BCUT2D eigenvalue weighted by Crippen LogP contribution is -2.24. The molecule has 3 N–H and O–H groups in total. The van der Waals surface area contributed by atoms with Gasteiger partial charge in [-0.1, -0.05) is 23.2 Å². The molecule has 0 heterocycles. The fraction of sp³-hybridized carbons (Fsp3) is 0.111. The molecule has 0 fully saturated rings. The second kappa shape index (κ2) is 5.58. The van der Waals surface area contributed by atoms with Crippen LogP contribution in [0.2, 0.25) is 10.0 Å². The molecule has 0 aliphatic carbocycles. The molecule has 0 aromatic heterocycles. The Kier molecular flexibility index (Phi) is 4.39. The van der Waals surface area contributed by atoms with Crippen LogP contribution in [0.1, 0.15) is 5.56 Å². The predicted octanol–water partition coefficient (Wildman–Crippen LogP) is 2.00. The van der Waals surface area contributed by atoms with Gasteiger partial charge in [-0.05, 0) is 12.1 Å². The number of hydrazone groups is 1. The lowest BCUT2D eigenvalue weighted by atomic mass is 10.2. The lowest BCUT2D eigenvalue weighted by molar-refractivity contribution is 0.249. The number of hydrogen-bond donors (Lipinski definition) is 2. The third kappa shape index (κ3) is 3.29. The van der Waals surface area contributed by atoms with Gasteiger partial charge in [-0.2, -0.15) is 5.10 Å². The van der Waals surface area contributed by atoms with Gasteiger partial charge < -0.3 is 10.5 Å². The molecule has 1 rings (SSSR count). The summed E-state index contributed by atoms with van der Waals surface area (Å²) in [6.45, 7) is 0. The van der Waals surface area contributed by atoms with Crippen LogP contribution in [0.4, 0.5) is 4.79 Å². The monoisotopic (exact) mass is 261 g/mol. The van der Waals surface area contributed by atoms with E-state index < -0.39 is 6.03 Å². The van der Waals surface area contributed by atoms with Crippen molar-refractivity contribution in [1.29, 1.82) is 0 Å². The highest BCUT2D eigenvalue weighted by atomic mass is 35.5. The van der Waals surface area contributed by atoms with Gasteiger partial charge >= 0.3 is 6.03 Å². The number of ether oxygens (including phenoxy) is 1. The number of urea groups is 1. The van der Waals surface area contributed by atoms with Crippen LogP contribution in [0.15, 0.2) is 17.2 Å². The number of amides is 2. The molecule has 7 heteroatoms. The number of primary amides is 1. The van der Waals surface area contributed by atoms with Gasteiger partial charge in [-0.3, -0.25) is 0 Å². The van der Waals surface area contributed by atoms with Crippen LogP contribution < -0.4 is 15.9 Å². The minimum absolute atomic E-state index is 0.361. The van der Waals surface area contributed by atoms with Gasteiger partial charge in [0.05, 0.1) is 23.9 Å². The van der Waals surface area contributed by atoms with Crippen LogP contribution in [-0.4, -0.2) is 19.4 Å². The smallest absolute Gasteiger partial charge is 0.332 e. The first-order valence-electron chi connectivity index (χ1n) is 4.16. The van der Waals surface area contributed by atoms with E-state index in [0.717, 1.165) is 0 Å². The zero-order chi connectivity index (χ0) is 12.1. The molecule has 0 unspecified atom stereocenters. The summed E-state index contributed by atoms with van der Waals surface area (Å²) >= 11 is 11.7. The molecular weight excluding hydrogens is 253 g/mol. The van der Waals surface area contributed by atoms with Crippen LogP contribution >= 0.6 is 23.2 Å². The molecule has 1 aromatic carbocycles. The van der Waals surface area contributed by atoms with Crippen molar-refractivity contribution in [3.05, 3.63) is 27.7 Å². The van der Waals surface area contributed by atoms with Crippen molar-refractivity contribution < 1.29 is 9.53 Å². The molecule has 2 amide bonds. The first kappa shape index (κ1) is 12.6. The van der Waals surface area contributed by atoms with Crippen LogP contribution in [-0.2, 0) is 0 Å². The first-order valence-corrected chi connectivity index (χ1v) is 4.91. The molecule has 0 spiro atoms. The van der Waals surface area contributed by atoms with Crippen molar-refractivity contribution in [3.63, 3.8) is 0 Å². The summed E-state index contributed by atoms with van der Waals surface area (Å²) < 4.78 is 5.06. The number of carbonyl (C=O) groups is 1. The third-order valence-corrected chi connectivity index (χ3v) is 2.18. The number of nitrogens with zero attached hydrogens (tertiary/aromatic N) is 1. The lowest BCUT2D eigenvalue weighted by Gasteiger charge is -2.06. The Morgan fingerprint density at radius 2 is 2.25 bits per heavy atom. The van der Waals surface area contributed by atoms with Crippen LogP contribution in [0.25, 0.3) is 0 Å². The number of rotatable bonds is 3. The first-order chi connectivity index (χ1) is 7.54. The minimum atomic E-state index is -0.764. The zero-order valence-electron chi connectivity index (χ0n) is 8.33. The molecule has 0 aliphatic rings. The minimum Gasteiger partial charge on any atom is -0.496 e. The highest BCUT2D eigenvalue weighted by Gasteiger charge is 2.07. The fourth-order valence-corrected chi connectivity index (χ4v) is 1.54. The molecule has 1 aromatic rings. The van der Waals surface area contributed by atoms with Gasteiger partial charge in [-0.25, -0.2) is 10.2 Å². The molecule has 0 radical (unpaired) electrons. The number of halogens is 2. The third-order valence-electron chi connectivity index (χ3n) is 1.64. The van der Waals surface area contributed by atoms with E-state index in [9.17, 15) is 4.79 Å². The Labute approximate surface area is 102 Å². The van der Waals surface area contributed by atoms with Crippen LogP contribution in [0, 0.1) is 0 Å². The second-order valence-electron chi connectivity index (χ2n) is 2.74. The zero-order valence-corrected chi connectivity index (χ0v) is 9.84. The summed E-state index contributed by atoms with van der Waals surface area (Å²) in [5.74, 6) is 0.451. The standard InChI is InChI=1S/C9H9Cl2N3O2/c1-16-8-3-5(10)2-7(11)6(8)4-13-14-9(12)15/h2-4H,1H3,(H3,12,14,15). The molecule has 0 atom stereocenters. The fourth-order valence-electron chi connectivity index (χ4n) is 1.02. The van der Waals surface area contributed by atoms with Gasteiger partial charge in [0.15, 0.2) is 0 Å². The number of nitrogens with two attached hydrogens (primary N) is 1. The van der Waals surface area contributed by atoms with E-state index >= 15 is 0 Å². The number of nitrogens with one attached hydrogen (secondary N) is 1. The Bertz CT molecular complexity index is 435. The van der Waals surface area contributed by atoms with Gasteiger partial charge in [0.1, 0.15) is 5.75 Å². The number of carbonyl (C=O) groups excluding carboxylic acids is 1. The van der Waals surface area contributed by atoms with Crippen molar-refractivity contribution in [2.45, 2.75) is 0 Å². The van der Waals surface area contributed by atoms with Gasteiger partial charge in [0.25, 0.3) is 0 Å². The van der Waals surface area contributed by atoms with E-state index in [0.29, 0.717) is 21.4 Å². The molecule has 86 valence electrons. The summed E-state index contributed by atoms with van der Waals surface area (Å²) in [6, 6.07) is 2.36. The van der Waals surface area contributed by atoms with Crippen molar-refractivity contribution in [3.8, 4) is 5.75 Å². The Hall–Kier alpha value is -1.46. The van der Waals surface area contributed by atoms with Crippen molar-refractivity contribution in [2.75, 3.05) is 7.11 Å². The quantitative estimate of drug-likeness (QED) is 0.645. The maximum atomic E-state index is 10.4. The van der Waals surface area contributed by atoms with E-state index in [-0.39, 0.29) is 0 Å². The number of methoxy groups -OCH3 is 1. The average molecular weight is 262 g/mol.